The first-order valence-corrected chi connectivity index (χ1v) is 47.2. The second kappa shape index (κ2) is 33.0. The van der Waals surface area contributed by atoms with Gasteiger partial charge in [0.15, 0.2) is 11.2 Å². The number of nitrogens with zero attached hydrogens (tertiary/aromatic N) is 4. The molecule has 0 spiro atoms. The average Bonchev–Trinajstić information content (AvgIpc) is 0.918. The summed E-state index contributed by atoms with van der Waals surface area (Å²) >= 11 is 0. The van der Waals surface area contributed by atoms with Crippen LogP contribution in [0.15, 0.2) is 470 Å². The number of ether oxygens (including phenoxy) is 2. The third-order valence-corrected chi connectivity index (χ3v) is 27.7. The number of hydrogen-bond acceptors (Lipinski definition) is 8. The Labute approximate surface area is 798 Å². The zero-order valence-electron chi connectivity index (χ0n) is 76.3. The van der Waals surface area contributed by atoms with E-state index in [1.807, 2.05) is 24.3 Å². The van der Waals surface area contributed by atoms with Crippen molar-refractivity contribution in [3.05, 3.63) is 483 Å². The van der Waals surface area contributed by atoms with E-state index in [0.29, 0.717) is 0 Å². The number of aryl methyl sites for hydroxylation is 4. The van der Waals surface area contributed by atoms with Gasteiger partial charge in [0.05, 0.1) is 28.4 Å². The Hall–Kier alpha value is -18.0. The van der Waals surface area contributed by atoms with Crippen molar-refractivity contribution in [2.45, 2.75) is 27.7 Å². The first-order valence-electron chi connectivity index (χ1n) is 47.2. The maximum Gasteiger partial charge on any atom is 0.159 e. The maximum atomic E-state index is 7.03. The van der Waals surface area contributed by atoms with Gasteiger partial charge in [-0.1, -0.05) is 296 Å². The molecule has 0 aliphatic carbocycles. The molecule has 0 atom stereocenters. The monoisotopic (exact) mass is 1770 g/mol. The van der Waals surface area contributed by atoms with E-state index >= 15 is 0 Å². The van der Waals surface area contributed by atoms with Crippen LogP contribution in [0.1, 0.15) is 22.3 Å². The molecule has 2 aliphatic heterocycles. The van der Waals surface area contributed by atoms with E-state index in [0.717, 1.165) is 202 Å². The predicted molar refractivity (Wildman–Crippen MR) is 577 cm³/mol. The Morgan fingerprint density at radius 1 is 0.159 bits per heavy atom. The van der Waals surface area contributed by atoms with Gasteiger partial charge < -0.3 is 37.9 Å². The fourth-order valence-electron chi connectivity index (χ4n) is 21.5. The van der Waals surface area contributed by atoms with Gasteiger partial charge in [-0.3, -0.25) is 0 Å². The molecule has 8 heteroatoms. The van der Waals surface area contributed by atoms with Crippen molar-refractivity contribution in [1.82, 2.24) is 0 Å². The lowest BCUT2D eigenvalue weighted by molar-refractivity contribution is 0.486. The molecule has 138 heavy (non-hydrogen) atoms. The number of rotatable bonds is 15. The van der Waals surface area contributed by atoms with Crippen molar-refractivity contribution in [2.75, 3.05) is 19.6 Å². The predicted octanol–water partition coefficient (Wildman–Crippen LogP) is 37.8. The zero-order chi connectivity index (χ0) is 91.7. The van der Waals surface area contributed by atoms with Gasteiger partial charge in [0.25, 0.3) is 0 Å². The summed E-state index contributed by atoms with van der Waals surface area (Å²) in [6.07, 6.45) is 0. The quantitative estimate of drug-likeness (QED) is 0.0941. The van der Waals surface area contributed by atoms with Crippen molar-refractivity contribution in [3.63, 3.8) is 0 Å². The molecule has 0 radical (unpaired) electrons. The van der Waals surface area contributed by atoms with Crippen LogP contribution in [0.5, 0.6) is 23.0 Å². The highest BCUT2D eigenvalue weighted by Crippen LogP contribution is 2.57. The van der Waals surface area contributed by atoms with Crippen LogP contribution in [0, 0.1) is 27.7 Å². The maximum absolute atomic E-state index is 7.03. The summed E-state index contributed by atoms with van der Waals surface area (Å²) in [5.41, 5.74) is 32.3. The van der Waals surface area contributed by atoms with Gasteiger partial charge in [0.2, 0.25) is 0 Å². The summed E-state index contributed by atoms with van der Waals surface area (Å²) in [6, 6.07) is 165. The number of para-hydroxylation sites is 10. The molecule has 4 heterocycles. The Morgan fingerprint density at radius 2 is 0.486 bits per heavy atom. The summed E-state index contributed by atoms with van der Waals surface area (Å²) in [5, 5.41) is 18.8. The summed E-state index contributed by atoms with van der Waals surface area (Å²) in [5.74, 6) is 3.47. The van der Waals surface area contributed by atoms with Crippen LogP contribution >= 0.6 is 0 Å². The second-order valence-electron chi connectivity index (χ2n) is 36.4. The van der Waals surface area contributed by atoms with Gasteiger partial charge in [0.1, 0.15) is 34.2 Å². The molecule has 0 saturated carbocycles. The van der Waals surface area contributed by atoms with Gasteiger partial charge in [-0.05, 0) is 297 Å². The number of benzene rings is 23. The second-order valence-corrected chi connectivity index (χ2v) is 36.4. The molecule has 0 unspecified atom stereocenters. The van der Waals surface area contributed by atoms with E-state index in [2.05, 4.69) is 484 Å². The molecule has 27 rings (SSSR count). The molecule has 2 aliphatic rings. The van der Waals surface area contributed by atoms with E-state index < -0.39 is 0 Å². The van der Waals surface area contributed by atoms with E-state index in [4.69, 9.17) is 18.3 Å². The molecular formula is C130H88N4O4. The third-order valence-electron chi connectivity index (χ3n) is 27.7. The minimum atomic E-state index is 0.848. The number of furan rings is 2. The molecule has 0 saturated heterocycles. The van der Waals surface area contributed by atoms with Crippen LogP contribution in [0.25, 0.3) is 164 Å². The Kier molecular flexibility index (Phi) is 19.4. The minimum absolute atomic E-state index is 0.848. The average molecular weight is 1770 g/mol. The van der Waals surface area contributed by atoms with Crippen LogP contribution in [0.2, 0.25) is 0 Å². The first-order chi connectivity index (χ1) is 68.1. The zero-order valence-corrected chi connectivity index (χ0v) is 76.3. The van der Waals surface area contributed by atoms with E-state index in [9.17, 15) is 0 Å². The van der Waals surface area contributed by atoms with Gasteiger partial charge in [-0.15, -0.1) is 0 Å². The van der Waals surface area contributed by atoms with Gasteiger partial charge in [-0.2, -0.15) is 0 Å². The largest absolute Gasteiger partial charge is 0.456 e. The topological polar surface area (TPSA) is 57.7 Å². The fraction of sp³-hybridized carbons (Fsp3) is 0.0308. The molecule has 8 nitrogen and oxygen atoms in total. The fourth-order valence-corrected chi connectivity index (χ4v) is 21.5. The lowest BCUT2D eigenvalue weighted by Crippen LogP contribution is -2.11. The molecule has 23 aromatic carbocycles. The van der Waals surface area contributed by atoms with E-state index in [-0.39, 0.29) is 0 Å². The van der Waals surface area contributed by atoms with Crippen molar-refractivity contribution in [1.29, 1.82) is 0 Å². The van der Waals surface area contributed by atoms with Gasteiger partial charge in [0, 0.05) is 99.6 Å². The highest BCUT2D eigenvalue weighted by atomic mass is 16.5. The normalized spacial score (nSPS) is 11.9. The van der Waals surface area contributed by atoms with Crippen LogP contribution in [0.4, 0.5) is 68.2 Å². The summed E-state index contributed by atoms with van der Waals surface area (Å²) in [7, 11) is 0. The third kappa shape index (κ3) is 13.7. The Balaban J connectivity index is 0.000000143. The molecule has 0 fully saturated rings. The highest BCUT2D eigenvalue weighted by Gasteiger charge is 2.31. The lowest BCUT2D eigenvalue weighted by atomic mass is 9.86. The summed E-state index contributed by atoms with van der Waals surface area (Å²) in [6.45, 7) is 8.73. The molecule has 652 valence electrons. The Bertz CT molecular complexity index is 9100. The molecule has 0 bridgehead atoms. The standard InChI is InChI=1S/C68H46N2O2.C62H42N2O2/c1-43-29-35-52-56(37-43)57-41-60-54-36-32-47(40-65(54)71-66-39-44(2)38-59(67(60)66)58(57)42-63(52)69(48-19-8-4-9-20-48)49-21-10-5-11-22-49)45-30-33-50(34-31-45)70(61-26-14-12-23-51(61)46-17-6-3-7-18-46)62-27-16-25-55-53-24-13-15-28-64(53)72-68(55)62;1-39-25-31-47-51(33-39)52-37-55-49-32-28-42(41-26-29-46(30-27-41)63(43-15-6-3-7-16-43)56-23-14-22-50-48-21-12-13-24-58(48)66-62(50)56)36-59(49)65-60-35-40(2)34-54(61(55)60)53(52)38-57(47)64(44-17-8-4-9-18-44)45-19-10-5-11-20-45/h3-42H,1-2H3;3-38H,1-2H3. The smallest absolute Gasteiger partial charge is 0.159 e. The van der Waals surface area contributed by atoms with Crippen molar-refractivity contribution in [2.24, 2.45) is 0 Å². The van der Waals surface area contributed by atoms with Crippen LogP contribution in [0.3, 0.4) is 0 Å². The number of anilines is 12. The molecular weight excluding hydrogens is 1680 g/mol. The van der Waals surface area contributed by atoms with Crippen LogP contribution in [-0.2, 0) is 0 Å². The number of hydrogen-bond donors (Lipinski definition) is 0. The molecule has 0 N–H and O–H groups in total. The molecule has 25 aromatic rings. The summed E-state index contributed by atoms with van der Waals surface area (Å²) in [4.78, 5) is 9.40. The number of fused-ring (bicyclic) bond motifs is 18. The molecule has 0 amide bonds. The highest BCUT2D eigenvalue weighted by molar-refractivity contribution is 6.28. The van der Waals surface area contributed by atoms with Crippen molar-refractivity contribution >= 4 is 177 Å². The first kappa shape index (κ1) is 80.8. The minimum Gasteiger partial charge on any atom is -0.456 e. The van der Waals surface area contributed by atoms with E-state index in [1.165, 1.54) is 76.1 Å². The SMILES string of the molecule is Cc1ccc2c(N(c3ccccc3)c3ccccc3)cc3c4cc(C)cc5c4c(cc3c2c1)-c1ccc(-c2ccc(N(c3ccccc3)c3cccc4c3oc3ccccc34)cc2)cc1O5.Cc1ccc2c(N(c3ccccc3)c3ccccc3)cc3c4cc(C)cc5c4c(cc3c2c1)-c1ccc(-c2ccc(N(c3ccccc3-c3ccccc3)c3cccc4c3oc3ccccc34)cc2)cc1O5. The van der Waals surface area contributed by atoms with E-state index in [1.54, 1.807) is 0 Å². The van der Waals surface area contributed by atoms with Crippen LogP contribution < -0.4 is 29.1 Å². The Morgan fingerprint density at radius 3 is 0.920 bits per heavy atom. The molecule has 2 aromatic heterocycles. The van der Waals surface area contributed by atoms with Gasteiger partial charge in [-0.25, -0.2) is 0 Å². The van der Waals surface area contributed by atoms with Crippen LogP contribution in [-0.4, -0.2) is 0 Å². The summed E-state index contributed by atoms with van der Waals surface area (Å²) < 4.78 is 27.3. The van der Waals surface area contributed by atoms with Crippen molar-refractivity contribution < 1.29 is 18.3 Å². The lowest BCUT2D eigenvalue weighted by Gasteiger charge is -2.29. The van der Waals surface area contributed by atoms with Crippen molar-refractivity contribution in [3.8, 4) is 78.6 Å². The van der Waals surface area contributed by atoms with Gasteiger partial charge >= 0.3 is 0 Å².